The number of amides is 1. The molecule has 2 nitrogen and oxygen atoms in total. The SMILES string of the molecule is C=CCSc1ccccc1NC(=O)C(F)(F)C(F)F. The van der Waals surface area contributed by atoms with Crippen LogP contribution in [0.25, 0.3) is 0 Å². The Morgan fingerprint density at radius 3 is 2.63 bits per heavy atom. The maximum absolute atomic E-state index is 12.8. The molecular weight excluding hydrogens is 282 g/mol. The Balaban J connectivity index is 2.87. The van der Waals surface area contributed by atoms with Crippen LogP contribution < -0.4 is 5.32 Å². The van der Waals surface area contributed by atoms with E-state index in [1.807, 2.05) is 5.32 Å². The van der Waals surface area contributed by atoms with E-state index in [-0.39, 0.29) is 5.69 Å². The molecule has 19 heavy (non-hydrogen) atoms. The number of anilines is 1. The Kier molecular flexibility index (Phi) is 5.41. The number of hydrogen-bond donors (Lipinski definition) is 1. The van der Waals surface area contributed by atoms with Gasteiger partial charge in [-0.3, -0.25) is 4.79 Å². The standard InChI is InChI=1S/C12H11F4NOS/c1-2-7-19-9-6-4-3-5-8(9)17-11(18)12(15,16)10(13)14/h2-6,10H,1,7H2,(H,17,18). The molecule has 0 aromatic heterocycles. The van der Waals surface area contributed by atoms with Crippen molar-refractivity contribution in [3.05, 3.63) is 36.9 Å². The number of hydrogen-bond acceptors (Lipinski definition) is 2. The topological polar surface area (TPSA) is 29.1 Å². The fraction of sp³-hybridized carbons (Fsp3) is 0.250. The predicted octanol–water partition coefficient (Wildman–Crippen LogP) is 3.80. The van der Waals surface area contributed by atoms with Gasteiger partial charge in [-0.15, -0.1) is 18.3 Å². The third kappa shape index (κ3) is 3.99. The van der Waals surface area contributed by atoms with Gasteiger partial charge in [-0.25, -0.2) is 8.78 Å². The van der Waals surface area contributed by atoms with Crippen molar-refractivity contribution in [3.63, 3.8) is 0 Å². The molecule has 104 valence electrons. The van der Waals surface area contributed by atoms with Crippen LogP contribution in [0.3, 0.4) is 0 Å². The maximum atomic E-state index is 12.8. The first-order valence-corrected chi connectivity index (χ1v) is 6.18. The largest absolute Gasteiger partial charge is 0.383 e. The summed E-state index contributed by atoms with van der Waals surface area (Å²) < 4.78 is 49.7. The van der Waals surface area contributed by atoms with E-state index in [1.54, 1.807) is 18.2 Å². The normalized spacial score (nSPS) is 11.4. The van der Waals surface area contributed by atoms with Gasteiger partial charge in [0.25, 0.3) is 0 Å². The first-order valence-electron chi connectivity index (χ1n) is 5.19. The molecule has 0 aliphatic carbocycles. The molecule has 0 atom stereocenters. The lowest BCUT2D eigenvalue weighted by atomic mass is 10.2. The quantitative estimate of drug-likeness (QED) is 0.491. The first kappa shape index (κ1) is 15.6. The molecule has 0 saturated heterocycles. The predicted molar refractivity (Wildman–Crippen MR) is 66.9 cm³/mol. The third-order valence-electron chi connectivity index (χ3n) is 2.07. The minimum absolute atomic E-state index is 0.0691. The van der Waals surface area contributed by atoms with Crippen LogP contribution in [0.15, 0.2) is 41.8 Å². The van der Waals surface area contributed by atoms with Gasteiger partial charge in [0.2, 0.25) is 0 Å². The molecule has 0 fully saturated rings. The fourth-order valence-corrected chi connectivity index (χ4v) is 1.90. The summed E-state index contributed by atoms with van der Waals surface area (Å²) in [5.41, 5.74) is 0.0691. The highest BCUT2D eigenvalue weighted by molar-refractivity contribution is 7.99. The average Bonchev–Trinajstić information content (AvgIpc) is 2.37. The van der Waals surface area contributed by atoms with Gasteiger partial charge in [0.05, 0.1) is 5.69 Å². The summed E-state index contributed by atoms with van der Waals surface area (Å²) in [4.78, 5) is 11.6. The molecule has 0 aliphatic heterocycles. The molecule has 1 aromatic rings. The molecule has 1 amide bonds. The van der Waals surface area contributed by atoms with E-state index < -0.39 is 18.3 Å². The minimum atomic E-state index is -4.71. The van der Waals surface area contributed by atoms with Gasteiger partial charge >= 0.3 is 18.3 Å². The Morgan fingerprint density at radius 2 is 2.05 bits per heavy atom. The summed E-state index contributed by atoms with van der Waals surface area (Å²) in [5, 5.41) is 1.82. The Morgan fingerprint density at radius 1 is 1.42 bits per heavy atom. The molecule has 0 radical (unpaired) electrons. The molecule has 1 aromatic carbocycles. The van der Waals surface area contributed by atoms with Crippen molar-refractivity contribution in [1.82, 2.24) is 0 Å². The van der Waals surface area contributed by atoms with Crippen molar-refractivity contribution in [2.24, 2.45) is 0 Å². The monoisotopic (exact) mass is 293 g/mol. The van der Waals surface area contributed by atoms with Crippen LogP contribution in [0.4, 0.5) is 23.2 Å². The molecule has 0 unspecified atom stereocenters. The number of alkyl halides is 4. The molecule has 1 N–H and O–H groups in total. The second-order valence-electron chi connectivity index (χ2n) is 3.47. The van der Waals surface area contributed by atoms with Crippen LogP contribution in [0.1, 0.15) is 0 Å². The van der Waals surface area contributed by atoms with E-state index in [0.717, 1.165) is 0 Å². The minimum Gasteiger partial charge on any atom is -0.320 e. The molecule has 0 bridgehead atoms. The van der Waals surface area contributed by atoms with Crippen molar-refractivity contribution in [3.8, 4) is 0 Å². The van der Waals surface area contributed by atoms with Crippen molar-refractivity contribution in [2.75, 3.05) is 11.1 Å². The number of carbonyl (C=O) groups excluding carboxylic acids is 1. The zero-order valence-corrected chi connectivity index (χ0v) is 10.5. The summed E-state index contributed by atoms with van der Waals surface area (Å²) in [6.45, 7) is 3.50. The molecule has 1 rings (SSSR count). The van der Waals surface area contributed by atoms with E-state index in [1.165, 1.54) is 23.9 Å². The number of carbonyl (C=O) groups is 1. The smallest absolute Gasteiger partial charge is 0.320 e. The van der Waals surface area contributed by atoms with Crippen LogP contribution in [-0.4, -0.2) is 24.0 Å². The van der Waals surface area contributed by atoms with Gasteiger partial charge in [0, 0.05) is 10.6 Å². The average molecular weight is 293 g/mol. The van der Waals surface area contributed by atoms with Crippen LogP contribution >= 0.6 is 11.8 Å². The van der Waals surface area contributed by atoms with E-state index in [0.29, 0.717) is 10.6 Å². The van der Waals surface area contributed by atoms with Crippen molar-refractivity contribution >= 4 is 23.4 Å². The molecule has 0 spiro atoms. The summed E-state index contributed by atoms with van der Waals surface area (Å²) in [6.07, 6.45) is -2.45. The van der Waals surface area contributed by atoms with Gasteiger partial charge in [-0.2, -0.15) is 8.78 Å². The summed E-state index contributed by atoms with van der Waals surface area (Å²) in [5.74, 6) is -6.23. The number of para-hydroxylation sites is 1. The molecule has 0 heterocycles. The van der Waals surface area contributed by atoms with Crippen molar-refractivity contribution < 1.29 is 22.4 Å². The van der Waals surface area contributed by atoms with Crippen LogP contribution in [0, 0.1) is 0 Å². The third-order valence-corrected chi connectivity index (χ3v) is 3.14. The van der Waals surface area contributed by atoms with Crippen LogP contribution in [0.5, 0.6) is 0 Å². The van der Waals surface area contributed by atoms with E-state index in [2.05, 4.69) is 6.58 Å². The summed E-state index contributed by atoms with van der Waals surface area (Å²) >= 11 is 1.24. The van der Waals surface area contributed by atoms with Gasteiger partial charge in [-0.1, -0.05) is 18.2 Å². The lowest BCUT2D eigenvalue weighted by molar-refractivity contribution is -0.163. The Bertz CT molecular complexity index is 465. The summed E-state index contributed by atoms with van der Waals surface area (Å²) in [6, 6.07) is 6.11. The highest BCUT2D eigenvalue weighted by atomic mass is 32.2. The Labute approximate surface area is 111 Å². The lowest BCUT2D eigenvalue weighted by Gasteiger charge is -2.16. The lowest BCUT2D eigenvalue weighted by Crippen LogP contribution is -2.41. The number of rotatable bonds is 6. The van der Waals surface area contributed by atoms with Crippen molar-refractivity contribution in [2.45, 2.75) is 17.2 Å². The number of halogens is 4. The highest BCUT2D eigenvalue weighted by Crippen LogP contribution is 2.30. The van der Waals surface area contributed by atoms with Gasteiger partial charge in [-0.05, 0) is 12.1 Å². The molecular formula is C12H11F4NOS. The van der Waals surface area contributed by atoms with Crippen molar-refractivity contribution in [1.29, 1.82) is 0 Å². The molecule has 0 saturated carbocycles. The number of benzene rings is 1. The fourth-order valence-electron chi connectivity index (χ4n) is 1.15. The van der Waals surface area contributed by atoms with Crippen LogP contribution in [0.2, 0.25) is 0 Å². The molecule has 0 aliphatic rings. The second-order valence-corrected chi connectivity index (χ2v) is 4.54. The molecule has 7 heteroatoms. The maximum Gasteiger partial charge on any atom is 0.383 e. The number of nitrogens with one attached hydrogen (secondary N) is 1. The van der Waals surface area contributed by atoms with E-state index in [4.69, 9.17) is 0 Å². The van der Waals surface area contributed by atoms with Gasteiger partial charge in [0.15, 0.2) is 0 Å². The van der Waals surface area contributed by atoms with Crippen LogP contribution in [-0.2, 0) is 4.79 Å². The summed E-state index contributed by atoms with van der Waals surface area (Å²) in [7, 11) is 0. The zero-order chi connectivity index (χ0) is 14.5. The zero-order valence-electron chi connectivity index (χ0n) is 9.71. The van der Waals surface area contributed by atoms with Gasteiger partial charge < -0.3 is 5.32 Å². The van der Waals surface area contributed by atoms with E-state index in [9.17, 15) is 22.4 Å². The van der Waals surface area contributed by atoms with E-state index >= 15 is 0 Å². The Hall–Kier alpha value is -1.50. The number of thioether (sulfide) groups is 1. The first-order chi connectivity index (χ1) is 8.89. The van der Waals surface area contributed by atoms with Gasteiger partial charge in [0.1, 0.15) is 0 Å². The second kappa shape index (κ2) is 6.60. The highest BCUT2D eigenvalue weighted by Gasteiger charge is 2.49.